The Morgan fingerprint density at radius 3 is 2.32 bits per heavy atom. The fourth-order valence-electron chi connectivity index (χ4n) is 3.52. The third-order valence-electron chi connectivity index (χ3n) is 5.26. The number of benzene rings is 2. The number of sulfonamides is 1. The molecule has 2 aromatic carbocycles. The molecule has 1 saturated carbocycles. The number of aryl methyl sites for hydroxylation is 1. The first-order valence-electron chi connectivity index (χ1n) is 10.6. The molecule has 0 spiro atoms. The van der Waals surface area contributed by atoms with E-state index in [2.05, 4.69) is 10.5 Å². The summed E-state index contributed by atoms with van der Waals surface area (Å²) in [6.07, 6.45) is 7.43. The maximum absolute atomic E-state index is 13.3. The molecule has 166 valence electrons. The summed E-state index contributed by atoms with van der Waals surface area (Å²) in [7, 11) is -3.97. The molecule has 0 bridgehead atoms. The number of rotatable bonds is 6. The monoisotopic (exact) mass is 461 g/mol. The molecular weight excluding hydrogens is 434 g/mol. The maximum atomic E-state index is 13.3. The van der Waals surface area contributed by atoms with E-state index in [1.54, 1.807) is 30.3 Å². The van der Waals surface area contributed by atoms with Crippen molar-refractivity contribution < 1.29 is 13.2 Å². The van der Waals surface area contributed by atoms with Crippen LogP contribution in [0, 0.1) is 6.92 Å². The van der Waals surface area contributed by atoms with Crippen LogP contribution in [0.25, 0.3) is 0 Å². The summed E-state index contributed by atoms with van der Waals surface area (Å²) in [6.45, 7) is 1.49. The summed E-state index contributed by atoms with van der Waals surface area (Å²) >= 11 is 6.09. The second-order valence-corrected chi connectivity index (χ2v) is 10.1. The minimum Gasteiger partial charge on any atom is -0.271 e. The molecule has 6 nitrogen and oxygen atoms in total. The summed E-state index contributed by atoms with van der Waals surface area (Å²) in [5.74, 6) is -0.495. The second kappa shape index (κ2) is 10.8. The molecule has 1 N–H and O–H groups in total. The van der Waals surface area contributed by atoms with Gasteiger partial charge in [-0.3, -0.25) is 9.10 Å². The Hall–Kier alpha value is -2.38. The van der Waals surface area contributed by atoms with E-state index in [0.29, 0.717) is 10.7 Å². The average molecular weight is 462 g/mol. The quantitative estimate of drug-likeness (QED) is 0.610. The van der Waals surface area contributed by atoms with Crippen molar-refractivity contribution in [3.63, 3.8) is 0 Å². The first kappa shape index (κ1) is 23.3. The highest BCUT2D eigenvalue weighted by Gasteiger charge is 2.27. The number of carbonyl (C=O) groups excluding carboxylic acids is 1. The van der Waals surface area contributed by atoms with Gasteiger partial charge in [-0.25, -0.2) is 13.8 Å². The third-order valence-corrected chi connectivity index (χ3v) is 7.28. The number of anilines is 1. The molecule has 8 heteroatoms. The molecule has 2 aromatic rings. The van der Waals surface area contributed by atoms with Gasteiger partial charge in [0.05, 0.1) is 10.6 Å². The molecule has 1 fully saturated rings. The molecule has 0 radical (unpaired) electrons. The van der Waals surface area contributed by atoms with E-state index < -0.39 is 22.5 Å². The van der Waals surface area contributed by atoms with Crippen LogP contribution in [0.1, 0.15) is 50.5 Å². The van der Waals surface area contributed by atoms with Crippen LogP contribution in [0.4, 0.5) is 5.69 Å². The fraction of sp³-hybridized carbons (Fsp3) is 0.391. The van der Waals surface area contributed by atoms with Crippen molar-refractivity contribution in [3.05, 3.63) is 59.1 Å². The summed E-state index contributed by atoms with van der Waals surface area (Å²) in [5.41, 5.74) is 4.79. The zero-order valence-electron chi connectivity index (χ0n) is 17.7. The molecule has 31 heavy (non-hydrogen) atoms. The van der Waals surface area contributed by atoms with Crippen LogP contribution in [0.3, 0.4) is 0 Å². The third kappa shape index (κ3) is 6.55. The zero-order valence-corrected chi connectivity index (χ0v) is 19.3. The molecule has 1 amide bonds. The lowest BCUT2D eigenvalue weighted by atomic mass is 9.99. The van der Waals surface area contributed by atoms with Crippen molar-refractivity contribution in [3.8, 4) is 0 Å². The first-order valence-corrected chi connectivity index (χ1v) is 12.4. The topological polar surface area (TPSA) is 78.8 Å². The summed E-state index contributed by atoms with van der Waals surface area (Å²) in [6, 6.07) is 13.0. The van der Waals surface area contributed by atoms with Gasteiger partial charge in [0.25, 0.3) is 15.9 Å². The summed E-state index contributed by atoms with van der Waals surface area (Å²) in [4.78, 5) is 12.8. The van der Waals surface area contributed by atoms with E-state index in [0.717, 1.165) is 41.3 Å². The Bertz CT molecular complexity index is 1030. The van der Waals surface area contributed by atoms with Crippen LogP contribution in [-0.2, 0) is 14.8 Å². The predicted octanol–water partition coefficient (Wildman–Crippen LogP) is 5.06. The normalized spacial score (nSPS) is 15.0. The zero-order chi connectivity index (χ0) is 22.3. The minimum atomic E-state index is -3.97. The van der Waals surface area contributed by atoms with Gasteiger partial charge in [0.2, 0.25) is 0 Å². The van der Waals surface area contributed by atoms with Crippen LogP contribution in [0.2, 0.25) is 5.02 Å². The molecule has 0 aliphatic heterocycles. The number of hydrazone groups is 1. The van der Waals surface area contributed by atoms with Gasteiger partial charge < -0.3 is 0 Å². The van der Waals surface area contributed by atoms with E-state index in [-0.39, 0.29) is 4.90 Å². The SMILES string of the molecule is Cc1ccc(S(=O)(=O)N(CC(=O)NN=C2CCCCCCC2)c2cccc(Cl)c2)cc1. The van der Waals surface area contributed by atoms with Crippen molar-refractivity contribution in [2.24, 2.45) is 5.10 Å². The number of amides is 1. The van der Waals surface area contributed by atoms with Gasteiger partial charge in [0.15, 0.2) is 0 Å². The lowest BCUT2D eigenvalue weighted by molar-refractivity contribution is -0.119. The van der Waals surface area contributed by atoms with Gasteiger partial charge >= 0.3 is 0 Å². The van der Waals surface area contributed by atoms with Crippen molar-refractivity contribution >= 4 is 38.9 Å². The fourth-order valence-corrected chi connectivity index (χ4v) is 5.11. The van der Waals surface area contributed by atoms with Crippen molar-refractivity contribution in [1.82, 2.24) is 5.43 Å². The van der Waals surface area contributed by atoms with Crippen LogP contribution >= 0.6 is 11.6 Å². The van der Waals surface area contributed by atoms with Crippen molar-refractivity contribution in [2.45, 2.75) is 56.8 Å². The minimum absolute atomic E-state index is 0.109. The van der Waals surface area contributed by atoms with Crippen LogP contribution in [0.5, 0.6) is 0 Å². The molecule has 0 aromatic heterocycles. The summed E-state index contributed by atoms with van der Waals surface area (Å²) < 4.78 is 27.8. The maximum Gasteiger partial charge on any atom is 0.264 e. The largest absolute Gasteiger partial charge is 0.271 e. The van der Waals surface area contributed by atoms with Crippen LogP contribution in [-0.4, -0.2) is 26.6 Å². The first-order chi connectivity index (χ1) is 14.9. The highest BCUT2D eigenvalue weighted by atomic mass is 35.5. The van der Waals surface area contributed by atoms with E-state index in [1.807, 2.05) is 6.92 Å². The van der Waals surface area contributed by atoms with E-state index >= 15 is 0 Å². The second-order valence-electron chi connectivity index (χ2n) is 7.79. The number of nitrogens with one attached hydrogen (secondary N) is 1. The van der Waals surface area contributed by atoms with E-state index in [1.165, 1.54) is 37.5 Å². The standard InChI is InChI=1S/C23H28ClN3O3S/c1-18-12-14-22(15-13-18)31(29,30)27(21-11-7-8-19(24)16-21)17-23(28)26-25-20-9-5-3-2-4-6-10-20/h7-8,11-16H,2-6,9-10,17H2,1H3,(H,26,28). The Kier molecular flexibility index (Phi) is 8.09. The lowest BCUT2D eigenvalue weighted by Gasteiger charge is -2.24. The summed E-state index contributed by atoms with van der Waals surface area (Å²) in [5, 5.41) is 4.67. The Morgan fingerprint density at radius 2 is 1.68 bits per heavy atom. The Morgan fingerprint density at radius 1 is 1.03 bits per heavy atom. The number of nitrogens with zero attached hydrogens (tertiary/aromatic N) is 2. The smallest absolute Gasteiger partial charge is 0.264 e. The molecule has 1 aliphatic rings. The van der Waals surface area contributed by atoms with Crippen LogP contribution < -0.4 is 9.73 Å². The van der Waals surface area contributed by atoms with E-state index in [9.17, 15) is 13.2 Å². The molecule has 0 atom stereocenters. The lowest BCUT2D eigenvalue weighted by Crippen LogP contribution is -2.39. The molecule has 1 aliphatic carbocycles. The highest BCUT2D eigenvalue weighted by molar-refractivity contribution is 7.92. The van der Waals surface area contributed by atoms with Crippen molar-refractivity contribution in [1.29, 1.82) is 0 Å². The van der Waals surface area contributed by atoms with Gasteiger partial charge in [0.1, 0.15) is 6.54 Å². The van der Waals surface area contributed by atoms with Gasteiger partial charge in [0, 0.05) is 10.7 Å². The van der Waals surface area contributed by atoms with E-state index in [4.69, 9.17) is 11.6 Å². The van der Waals surface area contributed by atoms with Gasteiger partial charge in [-0.2, -0.15) is 5.10 Å². The number of halogens is 1. The Labute approximate surface area is 189 Å². The molecule has 0 unspecified atom stereocenters. The molecule has 0 heterocycles. The number of hydrogen-bond donors (Lipinski definition) is 1. The number of carbonyl (C=O) groups is 1. The predicted molar refractivity (Wildman–Crippen MR) is 125 cm³/mol. The van der Waals surface area contributed by atoms with Gasteiger partial charge in [-0.15, -0.1) is 0 Å². The van der Waals surface area contributed by atoms with Gasteiger partial charge in [-0.1, -0.05) is 54.6 Å². The Balaban J connectivity index is 1.83. The molecule has 3 rings (SSSR count). The van der Waals surface area contributed by atoms with Crippen molar-refractivity contribution in [2.75, 3.05) is 10.8 Å². The molecule has 0 saturated heterocycles. The molecular formula is C23H28ClN3O3S. The average Bonchev–Trinajstić information content (AvgIpc) is 2.71. The highest BCUT2D eigenvalue weighted by Crippen LogP contribution is 2.26. The van der Waals surface area contributed by atoms with Crippen LogP contribution in [0.15, 0.2) is 58.5 Å². The van der Waals surface area contributed by atoms with Gasteiger partial charge in [-0.05, 0) is 62.9 Å². The number of hydrogen-bond acceptors (Lipinski definition) is 4.